The molecule has 66 heavy (non-hydrogen) atoms. The number of nitriles is 1. The number of carbonyl (C=O) groups is 2. The normalized spacial score (nSPS) is 24.7. The third-order valence-corrected chi connectivity index (χ3v) is 19.7. The predicted octanol–water partition coefficient (Wildman–Crippen LogP) is 4.23. The number of carbonyl (C=O) groups excluding carboxylic acids is 2. The van der Waals surface area contributed by atoms with Crippen molar-refractivity contribution in [1.82, 2.24) is 44.1 Å². The molecule has 4 aromatic rings. The highest BCUT2D eigenvalue weighted by Crippen LogP contribution is 2.50. The van der Waals surface area contributed by atoms with Gasteiger partial charge in [0.15, 0.2) is 36.9 Å². The highest BCUT2D eigenvalue weighted by molar-refractivity contribution is 8.09. The summed E-state index contributed by atoms with van der Waals surface area (Å²) in [4.78, 5) is 74.7. The molecule has 1 unspecified atom stereocenters. The van der Waals surface area contributed by atoms with Gasteiger partial charge in [0.25, 0.3) is 17.8 Å². The average Bonchev–Trinajstić information content (AvgIpc) is 4.00. The van der Waals surface area contributed by atoms with Crippen molar-refractivity contribution in [3.05, 3.63) is 39.2 Å². The lowest BCUT2D eigenvalue weighted by molar-refractivity contribution is -0.121. The van der Waals surface area contributed by atoms with Crippen LogP contribution >= 0.6 is 14.2 Å². The van der Waals surface area contributed by atoms with Crippen molar-refractivity contribution >= 4 is 86.1 Å². The first kappa shape index (κ1) is 51.8. The first-order valence-electron chi connectivity index (χ1n) is 21.5. The second-order valence-electron chi connectivity index (χ2n) is 18.5. The number of nitrogens with two attached hydrogens (primary N) is 1. The maximum atomic E-state index is 13.3. The summed E-state index contributed by atoms with van der Waals surface area (Å²) < 4.78 is 42.3. The topological polar surface area (TPSA) is 291 Å². The van der Waals surface area contributed by atoms with Gasteiger partial charge in [-0.3, -0.25) is 38.6 Å². The van der Waals surface area contributed by atoms with Crippen molar-refractivity contribution in [2.24, 2.45) is 23.5 Å². The van der Waals surface area contributed by atoms with Crippen molar-refractivity contribution in [2.45, 2.75) is 129 Å². The summed E-state index contributed by atoms with van der Waals surface area (Å²) >= 11 is 11.4. The zero-order valence-corrected chi connectivity index (χ0v) is 42.9. The van der Waals surface area contributed by atoms with Gasteiger partial charge in [-0.25, -0.2) is 20.0 Å². The third-order valence-electron chi connectivity index (χ3n) is 12.1. The monoisotopic (exact) mass is 1010 g/mol. The summed E-state index contributed by atoms with van der Waals surface area (Å²) in [5.41, 5.74) is 6.17. The van der Waals surface area contributed by atoms with Crippen LogP contribution in [0.1, 0.15) is 80.1 Å². The average molecular weight is 1010 g/mol. The van der Waals surface area contributed by atoms with E-state index in [9.17, 15) is 24.4 Å². The van der Waals surface area contributed by atoms with Crippen molar-refractivity contribution < 1.29 is 37.1 Å². The van der Waals surface area contributed by atoms with Gasteiger partial charge in [0.05, 0.1) is 63.5 Å². The molecule has 2 aliphatic rings. The summed E-state index contributed by atoms with van der Waals surface area (Å²) in [6.07, 6.45) is -1.36. The van der Waals surface area contributed by atoms with E-state index in [4.69, 9.17) is 56.8 Å². The molecule has 27 heteroatoms. The van der Waals surface area contributed by atoms with E-state index in [0.717, 1.165) is 0 Å². The number of aromatic nitrogens is 8. The van der Waals surface area contributed by atoms with Crippen LogP contribution < -0.4 is 27.3 Å². The smallest absolute Gasteiger partial charge is 0.280 e. The number of anilines is 1. The molecule has 0 radical (unpaired) electrons. The number of amides is 1. The van der Waals surface area contributed by atoms with Gasteiger partial charge in [-0.2, -0.15) is 10.2 Å². The van der Waals surface area contributed by atoms with E-state index in [-0.39, 0.29) is 103 Å². The molecular formula is C39H58N12O10P2S2Si. The Morgan fingerprint density at radius 2 is 1.62 bits per heavy atom. The van der Waals surface area contributed by atoms with Gasteiger partial charge < -0.3 is 38.2 Å². The number of hydrogen-bond acceptors (Lipinski definition) is 18. The van der Waals surface area contributed by atoms with Gasteiger partial charge in [-0.15, -0.1) is 0 Å². The Bertz CT molecular complexity index is 2650. The lowest BCUT2D eigenvalue weighted by Gasteiger charge is -2.41. The zero-order chi connectivity index (χ0) is 48.5. The van der Waals surface area contributed by atoms with Gasteiger partial charge in [-0.05, 0) is 41.7 Å². The molecule has 2 saturated heterocycles. The number of Topliss-reactive ketones (excluding diaryl/α,β-unsaturated/α-hetero) is 1. The molecule has 1 amide bonds. The van der Waals surface area contributed by atoms with Gasteiger partial charge in [0.1, 0.15) is 37.6 Å². The van der Waals surface area contributed by atoms with Crippen molar-refractivity contribution in [1.29, 1.82) is 5.26 Å². The summed E-state index contributed by atoms with van der Waals surface area (Å²) in [5.74, 6) is -1.29. The number of ether oxygens (including phenoxy) is 2. The van der Waals surface area contributed by atoms with Crippen LogP contribution in [0.4, 0.5) is 5.95 Å². The van der Waals surface area contributed by atoms with Crippen LogP contribution in [0.15, 0.2) is 22.2 Å². The number of nitrogens with zero attached hydrogens (tertiary/aromatic N) is 7. The number of aromatic amines is 2. The Morgan fingerprint density at radius 3 is 2.23 bits per heavy atom. The van der Waals surface area contributed by atoms with Gasteiger partial charge in [0.2, 0.25) is 11.9 Å². The van der Waals surface area contributed by atoms with Crippen LogP contribution in [0.5, 0.6) is 0 Å². The number of imidazole rings is 2. The summed E-state index contributed by atoms with van der Waals surface area (Å²) in [5, 5.41) is 15.3. The Kier molecular flexibility index (Phi) is 16.4. The molecule has 6 N–H and O–H groups in total. The Hall–Kier alpha value is -3.60. The highest BCUT2D eigenvalue weighted by atomic mass is 32.5. The number of hydrogen-bond donors (Lipinski definition) is 5. The molecule has 0 aliphatic carbocycles. The van der Waals surface area contributed by atoms with E-state index in [1.807, 2.05) is 6.92 Å². The molecule has 0 aromatic carbocycles. The molecule has 2 fully saturated rings. The summed E-state index contributed by atoms with van der Waals surface area (Å²) in [6, 6.07) is 0.646. The third kappa shape index (κ3) is 11.3. The first-order chi connectivity index (χ1) is 31.0. The van der Waals surface area contributed by atoms with E-state index in [2.05, 4.69) is 80.2 Å². The predicted molar refractivity (Wildman–Crippen MR) is 254 cm³/mol. The van der Waals surface area contributed by atoms with E-state index >= 15 is 0 Å². The molecule has 0 bridgehead atoms. The Labute approximate surface area is 394 Å². The van der Waals surface area contributed by atoms with E-state index in [1.54, 1.807) is 36.8 Å². The minimum absolute atomic E-state index is 0.00144. The fourth-order valence-electron chi connectivity index (χ4n) is 7.12. The zero-order valence-electron chi connectivity index (χ0n) is 38.5. The molecule has 4 aromatic heterocycles. The number of rotatable bonds is 20. The largest absolute Gasteiger partial charge is 0.408 e. The van der Waals surface area contributed by atoms with Gasteiger partial charge in [-0.1, -0.05) is 55.4 Å². The van der Waals surface area contributed by atoms with Crippen molar-refractivity contribution in [3.8, 4) is 6.07 Å². The Balaban J connectivity index is 1.34. The fraction of sp³-hybridized carbons (Fsp3) is 0.667. The lowest BCUT2D eigenvalue weighted by atomic mass is 10.0. The van der Waals surface area contributed by atoms with Crippen molar-refractivity contribution in [2.75, 3.05) is 25.1 Å². The van der Waals surface area contributed by atoms with Crippen LogP contribution in [0.3, 0.4) is 0 Å². The van der Waals surface area contributed by atoms with Gasteiger partial charge in [0, 0.05) is 23.8 Å². The molecule has 2 aliphatic heterocycles. The van der Waals surface area contributed by atoms with Crippen LogP contribution in [0, 0.1) is 29.1 Å². The SMILES string of the molecule is CC(C)C(=O)Cc1nc2c(ncn2[C@@H]2O[C@H](COP(=S)(N[C@H]3[C@@H](O[Si](C)(C)C(C)(C)C)[C@H](n4cnc5c(=O)[nH]c(NC(=O)C(C)C)nc54)O[C@@H]3COP=S)OCCC#N)[C@@H](N)[C@H]2C)c(=O)[nH]1. The van der Waals surface area contributed by atoms with Crippen LogP contribution in [0.2, 0.25) is 18.1 Å². The van der Waals surface area contributed by atoms with E-state index in [1.165, 1.54) is 12.7 Å². The van der Waals surface area contributed by atoms with E-state index < -0.39 is 74.8 Å². The number of ketones is 1. The quantitative estimate of drug-likeness (QED) is 0.0470. The highest BCUT2D eigenvalue weighted by Gasteiger charge is 2.53. The summed E-state index contributed by atoms with van der Waals surface area (Å²) in [7, 11) is -2.48. The molecule has 0 spiro atoms. The molecule has 0 saturated carbocycles. The molecular weight excluding hydrogens is 951 g/mol. The lowest BCUT2D eigenvalue weighted by Crippen LogP contribution is -2.52. The maximum Gasteiger partial charge on any atom is 0.280 e. The minimum Gasteiger partial charge on any atom is -0.408 e. The van der Waals surface area contributed by atoms with Crippen LogP contribution in [0.25, 0.3) is 22.3 Å². The second-order valence-corrected chi connectivity index (χ2v) is 27.3. The van der Waals surface area contributed by atoms with Gasteiger partial charge >= 0.3 is 0 Å². The molecule has 6 rings (SSSR count). The standard InChI is InChI=1S/C39H58N12O10P2S2Si/c1-19(2)22(52)14-25-44-31-28(34(54)45-25)42-17-50(31)36-21(5)26(41)23(59-36)16-58-63(65,57-13-11-12-40)49-27-24(15-56-62-64)60-37(30(27)61-66(9,10)39(6,7)8)51-18-43-29-32(51)46-38(48-35(29)55)47-33(53)20(3)4/h17-21,23-24,26-27,30,36-37H,11,13-16,41H2,1-10H3,(H,49,65)(H,44,45,54)(H2,46,47,48,53,55)/t21-,23-,24-,26+,27-,30-,36-,37-,63?/m1/s1. The first-order valence-corrected chi connectivity index (χ1v) is 28.8. The van der Waals surface area contributed by atoms with Crippen LogP contribution in [-0.2, 0) is 67.1 Å². The number of H-pyrrole nitrogens is 2. The molecule has 22 nitrogen and oxygen atoms in total. The van der Waals surface area contributed by atoms with E-state index in [0.29, 0.717) is 0 Å². The molecule has 9 atom stereocenters. The fourth-order valence-corrected chi connectivity index (χ4v) is 11.2. The minimum atomic E-state index is -3.64. The molecule has 360 valence electrons. The van der Waals surface area contributed by atoms with Crippen LogP contribution in [-0.4, -0.2) is 109 Å². The Morgan fingerprint density at radius 1 is 1.00 bits per heavy atom. The number of fused-ring (bicyclic) bond motifs is 2. The number of nitrogens with one attached hydrogen (secondary N) is 4. The summed E-state index contributed by atoms with van der Waals surface area (Å²) in [6.45, 7) is 15.4. The molecule has 6 heterocycles. The maximum absolute atomic E-state index is 13.3. The second kappa shape index (κ2) is 20.9. The van der Waals surface area contributed by atoms with Crippen molar-refractivity contribution in [3.63, 3.8) is 0 Å².